The Balaban J connectivity index is 1.83. The summed E-state index contributed by atoms with van der Waals surface area (Å²) in [6.45, 7) is 0.513. The molecule has 0 aliphatic heterocycles. The monoisotopic (exact) mass is 220 g/mol. The van der Waals surface area contributed by atoms with Gasteiger partial charge in [-0.1, -0.05) is 0 Å². The molecular formula is C9H12N6O. The van der Waals surface area contributed by atoms with Crippen molar-refractivity contribution in [3.63, 3.8) is 0 Å². The SMILES string of the molecule is Cn1cncc1C(=O)NCCc1ncn[nH]1. The summed E-state index contributed by atoms with van der Waals surface area (Å²) in [5.41, 5.74) is 0.539. The molecule has 0 fully saturated rings. The fourth-order valence-electron chi connectivity index (χ4n) is 1.31. The molecule has 2 rings (SSSR count). The Bertz CT molecular complexity index is 460. The van der Waals surface area contributed by atoms with Gasteiger partial charge in [0.25, 0.3) is 5.91 Å². The molecule has 0 saturated heterocycles. The molecule has 2 aromatic heterocycles. The van der Waals surface area contributed by atoms with E-state index in [4.69, 9.17) is 0 Å². The van der Waals surface area contributed by atoms with E-state index >= 15 is 0 Å². The lowest BCUT2D eigenvalue weighted by Crippen LogP contribution is -2.27. The second-order valence-corrected chi connectivity index (χ2v) is 3.33. The molecule has 0 aliphatic rings. The molecule has 84 valence electrons. The number of aromatic amines is 1. The molecule has 0 radical (unpaired) electrons. The van der Waals surface area contributed by atoms with Crippen LogP contribution in [0.5, 0.6) is 0 Å². The molecule has 16 heavy (non-hydrogen) atoms. The lowest BCUT2D eigenvalue weighted by atomic mass is 10.3. The maximum Gasteiger partial charge on any atom is 0.269 e. The number of nitrogens with zero attached hydrogens (tertiary/aromatic N) is 4. The quantitative estimate of drug-likeness (QED) is 0.727. The van der Waals surface area contributed by atoms with Crippen LogP contribution in [0, 0.1) is 0 Å². The Morgan fingerprint density at radius 2 is 2.50 bits per heavy atom. The summed E-state index contributed by atoms with van der Waals surface area (Å²) in [6, 6.07) is 0. The van der Waals surface area contributed by atoms with Gasteiger partial charge in [0.2, 0.25) is 0 Å². The van der Waals surface area contributed by atoms with Crippen molar-refractivity contribution in [2.75, 3.05) is 6.54 Å². The molecule has 0 aliphatic carbocycles. The standard InChI is InChI=1S/C9H12N6O/c1-15-6-10-4-7(15)9(16)11-3-2-8-12-5-13-14-8/h4-6H,2-3H2,1H3,(H,11,16)(H,12,13,14). The van der Waals surface area contributed by atoms with Crippen molar-refractivity contribution >= 4 is 5.91 Å². The van der Waals surface area contributed by atoms with Crippen LogP contribution in [-0.4, -0.2) is 37.2 Å². The average molecular weight is 220 g/mol. The minimum absolute atomic E-state index is 0.139. The Morgan fingerprint density at radius 3 is 3.12 bits per heavy atom. The highest BCUT2D eigenvalue weighted by Crippen LogP contribution is 1.95. The molecule has 0 atom stereocenters. The Labute approximate surface area is 91.9 Å². The van der Waals surface area contributed by atoms with Crippen molar-refractivity contribution in [1.82, 2.24) is 30.0 Å². The van der Waals surface area contributed by atoms with Crippen molar-refractivity contribution in [3.8, 4) is 0 Å². The number of carbonyl (C=O) groups excluding carboxylic acids is 1. The Kier molecular flexibility index (Phi) is 2.95. The van der Waals surface area contributed by atoms with Crippen LogP contribution in [0.15, 0.2) is 18.9 Å². The van der Waals surface area contributed by atoms with E-state index in [1.807, 2.05) is 0 Å². The zero-order valence-corrected chi connectivity index (χ0v) is 8.84. The first-order valence-electron chi connectivity index (χ1n) is 4.86. The molecule has 0 bridgehead atoms. The maximum atomic E-state index is 11.6. The molecule has 0 unspecified atom stereocenters. The third-order valence-electron chi connectivity index (χ3n) is 2.16. The summed E-state index contributed by atoms with van der Waals surface area (Å²) in [5, 5.41) is 9.22. The first-order valence-corrected chi connectivity index (χ1v) is 4.86. The van der Waals surface area contributed by atoms with E-state index < -0.39 is 0 Å². The van der Waals surface area contributed by atoms with Crippen molar-refractivity contribution < 1.29 is 4.79 Å². The zero-order chi connectivity index (χ0) is 11.4. The van der Waals surface area contributed by atoms with Crippen LogP contribution in [0.3, 0.4) is 0 Å². The van der Waals surface area contributed by atoms with Gasteiger partial charge in [0.15, 0.2) is 0 Å². The molecule has 7 nitrogen and oxygen atoms in total. The topological polar surface area (TPSA) is 88.5 Å². The molecule has 7 heteroatoms. The van der Waals surface area contributed by atoms with Gasteiger partial charge in [-0.15, -0.1) is 0 Å². The number of carbonyl (C=O) groups is 1. The van der Waals surface area contributed by atoms with Crippen molar-refractivity contribution in [1.29, 1.82) is 0 Å². The fraction of sp³-hybridized carbons (Fsp3) is 0.333. The van der Waals surface area contributed by atoms with Crippen LogP contribution in [0.1, 0.15) is 16.3 Å². The van der Waals surface area contributed by atoms with Crippen molar-refractivity contribution in [2.24, 2.45) is 7.05 Å². The molecule has 2 heterocycles. The molecule has 0 spiro atoms. The molecule has 2 aromatic rings. The zero-order valence-electron chi connectivity index (χ0n) is 8.84. The minimum Gasteiger partial charge on any atom is -0.350 e. The lowest BCUT2D eigenvalue weighted by molar-refractivity contribution is 0.0946. The first kappa shape index (κ1) is 10.3. The van der Waals surface area contributed by atoms with E-state index in [0.717, 1.165) is 5.82 Å². The summed E-state index contributed by atoms with van der Waals surface area (Å²) in [5.74, 6) is 0.616. The van der Waals surface area contributed by atoms with E-state index in [-0.39, 0.29) is 5.91 Å². The van der Waals surface area contributed by atoms with Crippen molar-refractivity contribution in [3.05, 3.63) is 30.4 Å². The summed E-state index contributed by atoms with van der Waals surface area (Å²) >= 11 is 0. The van der Waals surface area contributed by atoms with Gasteiger partial charge in [0.05, 0.1) is 12.5 Å². The van der Waals surface area contributed by atoms with Gasteiger partial charge in [-0.3, -0.25) is 9.89 Å². The highest BCUT2D eigenvalue weighted by Gasteiger charge is 2.08. The average Bonchev–Trinajstić information content (AvgIpc) is 2.88. The number of hydrogen-bond acceptors (Lipinski definition) is 4. The smallest absolute Gasteiger partial charge is 0.269 e. The molecule has 2 N–H and O–H groups in total. The number of hydrogen-bond donors (Lipinski definition) is 2. The number of aryl methyl sites for hydroxylation is 1. The third kappa shape index (κ3) is 2.25. The number of imidazole rings is 1. The van der Waals surface area contributed by atoms with Crippen LogP contribution in [0.25, 0.3) is 0 Å². The molecule has 0 aromatic carbocycles. The van der Waals surface area contributed by atoms with Gasteiger partial charge in [0, 0.05) is 20.0 Å². The Morgan fingerprint density at radius 1 is 1.62 bits per heavy atom. The van der Waals surface area contributed by atoms with E-state index in [0.29, 0.717) is 18.7 Å². The molecular weight excluding hydrogens is 208 g/mol. The lowest BCUT2D eigenvalue weighted by Gasteiger charge is -2.03. The van der Waals surface area contributed by atoms with E-state index in [1.54, 1.807) is 17.9 Å². The predicted octanol–water partition coefficient (Wildman–Crippen LogP) is -0.489. The molecule has 0 saturated carbocycles. The summed E-state index contributed by atoms with van der Waals surface area (Å²) in [4.78, 5) is 19.5. The van der Waals surface area contributed by atoms with Crippen molar-refractivity contribution in [2.45, 2.75) is 6.42 Å². The van der Waals surface area contributed by atoms with Crippen LogP contribution in [0.2, 0.25) is 0 Å². The number of aromatic nitrogens is 5. The normalized spacial score (nSPS) is 10.3. The minimum atomic E-state index is -0.139. The van der Waals surface area contributed by atoms with Gasteiger partial charge in [-0.05, 0) is 0 Å². The highest BCUT2D eigenvalue weighted by atomic mass is 16.1. The number of amides is 1. The second-order valence-electron chi connectivity index (χ2n) is 3.33. The maximum absolute atomic E-state index is 11.6. The van der Waals surface area contributed by atoms with Crippen LogP contribution in [0.4, 0.5) is 0 Å². The summed E-state index contributed by atoms with van der Waals surface area (Å²) in [7, 11) is 1.78. The van der Waals surface area contributed by atoms with E-state index in [1.165, 1.54) is 12.5 Å². The van der Waals surface area contributed by atoms with Gasteiger partial charge >= 0.3 is 0 Å². The summed E-state index contributed by atoms with van der Waals surface area (Å²) in [6.07, 6.45) is 5.19. The van der Waals surface area contributed by atoms with Crippen LogP contribution >= 0.6 is 0 Å². The van der Waals surface area contributed by atoms with E-state index in [2.05, 4.69) is 25.5 Å². The third-order valence-corrected chi connectivity index (χ3v) is 2.16. The summed E-state index contributed by atoms with van der Waals surface area (Å²) < 4.78 is 1.67. The highest BCUT2D eigenvalue weighted by molar-refractivity contribution is 5.92. The predicted molar refractivity (Wildman–Crippen MR) is 55.6 cm³/mol. The van der Waals surface area contributed by atoms with Crippen LogP contribution in [-0.2, 0) is 13.5 Å². The van der Waals surface area contributed by atoms with Gasteiger partial charge in [0.1, 0.15) is 17.8 Å². The fourth-order valence-corrected chi connectivity index (χ4v) is 1.31. The number of nitrogens with one attached hydrogen (secondary N) is 2. The first-order chi connectivity index (χ1) is 7.77. The van der Waals surface area contributed by atoms with Gasteiger partial charge in [-0.2, -0.15) is 5.10 Å². The van der Waals surface area contributed by atoms with Gasteiger partial charge < -0.3 is 9.88 Å². The Hall–Kier alpha value is -2.18. The number of rotatable bonds is 4. The van der Waals surface area contributed by atoms with E-state index in [9.17, 15) is 4.79 Å². The second kappa shape index (κ2) is 4.56. The van der Waals surface area contributed by atoms with Crippen LogP contribution < -0.4 is 5.32 Å². The number of H-pyrrole nitrogens is 1. The van der Waals surface area contributed by atoms with Gasteiger partial charge in [-0.25, -0.2) is 9.97 Å². The molecule has 1 amide bonds. The largest absolute Gasteiger partial charge is 0.350 e.